The number of hydrogen-bond acceptors (Lipinski definition) is 4. The molecular formula is C34H42N2O2. The molecule has 0 saturated heterocycles. The minimum Gasteiger partial charge on any atom is -0.289 e. The van der Waals surface area contributed by atoms with Crippen molar-refractivity contribution in [2.45, 2.75) is 104 Å². The Morgan fingerprint density at radius 2 is 1.03 bits per heavy atom. The van der Waals surface area contributed by atoms with Crippen molar-refractivity contribution in [3.63, 3.8) is 0 Å². The van der Waals surface area contributed by atoms with Crippen LogP contribution in [0.5, 0.6) is 0 Å². The monoisotopic (exact) mass is 510 g/mol. The predicted octanol–water partition coefficient (Wildman–Crippen LogP) is 8.46. The van der Waals surface area contributed by atoms with Gasteiger partial charge in [0.25, 0.3) is 0 Å². The maximum atomic E-state index is 13.6. The zero-order valence-electron chi connectivity index (χ0n) is 24.0. The predicted molar refractivity (Wildman–Crippen MR) is 152 cm³/mol. The second-order valence-electron chi connectivity index (χ2n) is 12.7. The van der Waals surface area contributed by atoms with Crippen LogP contribution in [0.4, 0.5) is 0 Å². The van der Waals surface area contributed by atoms with Crippen LogP contribution < -0.4 is 0 Å². The van der Waals surface area contributed by atoms with Crippen LogP contribution in [0.15, 0.2) is 36.4 Å². The van der Waals surface area contributed by atoms with E-state index in [0.717, 1.165) is 49.7 Å². The summed E-state index contributed by atoms with van der Waals surface area (Å²) in [6.45, 7) is 13.0. The minimum atomic E-state index is -0.135. The summed E-state index contributed by atoms with van der Waals surface area (Å²) in [4.78, 5) is 27.1. The fraction of sp³-hybridized carbons (Fsp3) is 0.529. The second-order valence-corrected chi connectivity index (χ2v) is 12.7. The molecule has 0 spiro atoms. The molecule has 4 heteroatoms. The topological polar surface area (TPSA) is 81.7 Å². The van der Waals surface area contributed by atoms with Gasteiger partial charge in [0.2, 0.25) is 0 Å². The van der Waals surface area contributed by atoms with Gasteiger partial charge < -0.3 is 0 Å². The van der Waals surface area contributed by atoms with Crippen LogP contribution in [-0.2, 0) is 10.8 Å². The van der Waals surface area contributed by atoms with Crippen LogP contribution >= 0.6 is 0 Å². The first-order valence-corrected chi connectivity index (χ1v) is 14.0. The zero-order chi connectivity index (χ0) is 28.1. The van der Waals surface area contributed by atoms with Gasteiger partial charge in [-0.2, -0.15) is 10.5 Å². The lowest BCUT2D eigenvalue weighted by Crippen LogP contribution is -2.25. The summed E-state index contributed by atoms with van der Waals surface area (Å²) in [6, 6.07) is 16.0. The summed E-state index contributed by atoms with van der Waals surface area (Å²) in [6.07, 6.45) is 7.10. The minimum absolute atomic E-state index is 0.0791. The third kappa shape index (κ3) is 6.60. The van der Waals surface area contributed by atoms with Crippen molar-refractivity contribution in [3.8, 4) is 12.1 Å². The van der Waals surface area contributed by atoms with Gasteiger partial charge in [-0.25, -0.2) is 0 Å². The van der Waals surface area contributed by atoms with E-state index in [1.54, 1.807) is 0 Å². The largest absolute Gasteiger partial charge is 0.289 e. The van der Waals surface area contributed by atoms with Gasteiger partial charge in [0.05, 0.1) is 12.1 Å². The van der Waals surface area contributed by atoms with E-state index in [0.29, 0.717) is 46.9 Å². The van der Waals surface area contributed by atoms with E-state index >= 15 is 0 Å². The van der Waals surface area contributed by atoms with Gasteiger partial charge in [-0.15, -0.1) is 0 Å². The molecule has 0 heterocycles. The molecule has 1 aliphatic carbocycles. The lowest BCUT2D eigenvalue weighted by Gasteiger charge is -2.29. The zero-order valence-corrected chi connectivity index (χ0v) is 24.0. The smallest absolute Gasteiger partial charge is 0.194 e. The van der Waals surface area contributed by atoms with Crippen molar-refractivity contribution in [2.24, 2.45) is 11.8 Å². The van der Waals surface area contributed by atoms with Crippen LogP contribution in [0.1, 0.15) is 136 Å². The summed E-state index contributed by atoms with van der Waals surface area (Å²) < 4.78 is 0. The number of fused-ring (bicyclic) bond motifs is 2. The van der Waals surface area contributed by atoms with Crippen molar-refractivity contribution in [1.29, 1.82) is 10.5 Å². The Kier molecular flexibility index (Phi) is 9.32. The summed E-state index contributed by atoms with van der Waals surface area (Å²) >= 11 is 0. The normalized spacial score (nSPS) is 14.7. The highest BCUT2D eigenvalue weighted by atomic mass is 16.1. The fourth-order valence-corrected chi connectivity index (χ4v) is 5.58. The van der Waals surface area contributed by atoms with E-state index in [4.69, 9.17) is 10.5 Å². The maximum absolute atomic E-state index is 13.6. The number of nitrogens with zero attached hydrogens (tertiary/aromatic N) is 2. The summed E-state index contributed by atoms with van der Waals surface area (Å²) in [5.74, 6) is 0.614. The Morgan fingerprint density at radius 3 is 1.37 bits per heavy atom. The number of carbonyl (C=O) groups is 2. The van der Waals surface area contributed by atoms with Crippen molar-refractivity contribution in [3.05, 3.63) is 69.8 Å². The van der Waals surface area contributed by atoms with Gasteiger partial charge in [0.1, 0.15) is 0 Å². The van der Waals surface area contributed by atoms with Crippen molar-refractivity contribution in [1.82, 2.24) is 0 Å². The van der Waals surface area contributed by atoms with E-state index in [1.165, 1.54) is 0 Å². The van der Waals surface area contributed by atoms with Gasteiger partial charge in [-0.3, -0.25) is 9.59 Å². The van der Waals surface area contributed by atoms with Crippen LogP contribution in [0.25, 0.3) is 0 Å². The molecule has 0 fully saturated rings. The van der Waals surface area contributed by atoms with E-state index in [1.807, 2.05) is 36.4 Å². The first-order chi connectivity index (χ1) is 17.9. The van der Waals surface area contributed by atoms with Gasteiger partial charge in [0.15, 0.2) is 11.6 Å². The van der Waals surface area contributed by atoms with Gasteiger partial charge in [0, 0.05) is 35.1 Å². The molecule has 0 N–H and O–H groups in total. The number of nitriles is 2. The van der Waals surface area contributed by atoms with Crippen molar-refractivity contribution >= 4 is 11.6 Å². The summed E-state index contributed by atoms with van der Waals surface area (Å²) in [5, 5.41) is 17.8. The standard InChI is InChI=1S/C34H42N2O2/c1-23(15-19-35)9-7-17-33(3,4)25-11-13-27-29(21-25)31(37)28-14-12-26(22-30(28)32(27)38)34(5,6)18-8-10-24(2)16-20-36/h11-14,21-24H,7-10,15-18H2,1-6H3. The highest BCUT2D eigenvalue weighted by molar-refractivity contribution is 6.28. The van der Waals surface area contributed by atoms with Crippen molar-refractivity contribution in [2.75, 3.05) is 0 Å². The van der Waals surface area contributed by atoms with E-state index < -0.39 is 0 Å². The molecule has 0 amide bonds. The Balaban J connectivity index is 1.80. The van der Waals surface area contributed by atoms with Crippen LogP contribution in [0, 0.1) is 34.5 Å². The maximum Gasteiger partial charge on any atom is 0.194 e. The van der Waals surface area contributed by atoms with Gasteiger partial charge in [-0.1, -0.05) is 66.5 Å². The molecule has 38 heavy (non-hydrogen) atoms. The SMILES string of the molecule is CC(CC#N)CCCC(C)(C)c1ccc2c(c1)C(=O)c1ccc(C(C)(C)CCCC(C)CC#N)cc1C2=O. The van der Waals surface area contributed by atoms with Gasteiger partial charge in [-0.05, 0) is 83.7 Å². The molecule has 0 saturated carbocycles. The number of hydrogen-bond donors (Lipinski definition) is 0. The van der Waals surface area contributed by atoms with E-state index in [2.05, 4.69) is 53.7 Å². The Hall–Kier alpha value is -3.24. The first kappa shape index (κ1) is 29.3. The third-order valence-electron chi connectivity index (χ3n) is 8.46. The average Bonchev–Trinajstić information content (AvgIpc) is 2.86. The Bertz CT molecular complexity index is 1170. The second kappa shape index (κ2) is 12.1. The van der Waals surface area contributed by atoms with Crippen LogP contribution in [0.3, 0.4) is 0 Å². The van der Waals surface area contributed by atoms with Crippen LogP contribution in [-0.4, -0.2) is 11.6 Å². The molecule has 4 nitrogen and oxygen atoms in total. The first-order valence-electron chi connectivity index (χ1n) is 14.0. The number of rotatable bonds is 12. The quantitative estimate of drug-likeness (QED) is 0.245. The molecule has 0 bridgehead atoms. The van der Waals surface area contributed by atoms with E-state index in [9.17, 15) is 9.59 Å². The third-order valence-corrected chi connectivity index (χ3v) is 8.46. The molecule has 2 atom stereocenters. The lowest BCUT2D eigenvalue weighted by atomic mass is 9.74. The van der Waals surface area contributed by atoms with Gasteiger partial charge >= 0.3 is 0 Å². The molecule has 200 valence electrons. The number of ketones is 2. The average molecular weight is 511 g/mol. The Morgan fingerprint density at radius 1 is 0.658 bits per heavy atom. The molecule has 0 aliphatic heterocycles. The summed E-state index contributed by atoms with van der Waals surface area (Å²) in [7, 11) is 0. The molecule has 0 aromatic heterocycles. The number of benzene rings is 2. The van der Waals surface area contributed by atoms with E-state index in [-0.39, 0.29) is 22.4 Å². The Labute approximate surface area is 229 Å². The molecular weight excluding hydrogens is 468 g/mol. The molecule has 2 unspecified atom stereocenters. The van der Waals surface area contributed by atoms with Crippen LogP contribution in [0.2, 0.25) is 0 Å². The summed E-state index contributed by atoms with van der Waals surface area (Å²) in [5.41, 5.74) is 3.85. The lowest BCUT2D eigenvalue weighted by molar-refractivity contribution is 0.0978. The molecule has 1 aliphatic rings. The molecule has 2 aromatic carbocycles. The molecule has 0 radical (unpaired) electrons. The fourth-order valence-electron chi connectivity index (χ4n) is 5.58. The molecule has 2 aromatic rings. The molecule has 3 rings (SSSR count). The number of carbonyl (C=O) groups excluding carboxylic acids is 2. The van der Waals surface area contributed by atoms with Crippen molar-refractivity contribution < 1.29 is 9.59 Å². The highest BCUT2D eigenvalue weighted by Crippen LogP contribution is 2.37. The highest BCUT2D eigenvalue weighted by Gasteiger charge is 2.33.